The minimum absolute atomic E-state index is 0.238. The largest absolute Gasteiger partial charge is 0.338 e. The average Bonchev–Trinajstić information content (AvgIpc) is 2.14. The molecular weight excluding hydrogens is 279 g/mol. The number of rotatable bonds is 2. The molecule has 0 heterocycles. The third-order valence-corrected chi connectivity index (χ3v) is 2.90. The van der Waals surface area contributed by atoms with Crippen LogP contribution in [0.15, 0.2) is 16.6 Å². The lowest BCUT2D eigenvalue weighted by molar-refractivity contribution is 0.252. The molecule has 82 valence electrons. The quantitative estimate of drug-likeness (QED) is 0.859. The molecule has 2 amide bonds. The first kappa shape index (κ1) is 12.3. The van der Waals surface area contributed by atoms with E-state index in [1.807, 2.05) is 19.9 Å². The van der Waals surface area contributed by atoms with Crippen molar-refractivity contribution in [1.29, 1.82) is 0 Å². The third kappa shape index (κ3) is 3.39. The number of carbonyl (C=O) groups is 1. The molecule has 1 aromatic rings. The molecule has 0 saturated heterocycles. The van der Waals surface area contributed by atoms with Crippen LogP contribution in [0.2, 0.25) is 5.02 Å². The van der Waals surface area contributed by atoms with E-state index >= 15 is 0 Å². The Morgan fingerprint density at radius 1 is 1.53 bits per heavy atom. The monoisotopic (exact) mass is 290 g/mol. The summed E-state index contributed by atoms with van der Waals surface area (Å²) in [5.74, 6) is 0. The predicted octanol–water partition coefficient (Wildman–Crippen LogP) is 3.55. The molecule has 2 N–H and O–H groups in total. The standard InChI is InChI=1S/C10H12BrClN2O/c1-3-13-10(15)14-9-5-8(12)6(2)4-7(9)11/h4-5H,3H2,1-2H3,(H2,13,14,15). The Hall–Kier alpha value is -0.740. The molecule has 0 aliphatic heterocycles. The molecule has 0 saturated carbocycles. The van der Waals surface area contributed by atoms with Crippen LogP contribution < -0.4 is 10.6 Å². The van der Waals surface area contributed by atoms with Crippen molar-refractivity contribution in [2.24, 2.45) is 0 Å². The molecule has 0 aliphatic carbocycles. The summed E-state index contributed by atoms with van der Waals surface area (Å²) >= 11 is 9.31. The van der Waals surface area contributed by atoms with Gasteiger partial charge in [0.1, 0.15) is 0 Å². The summed E-state index contributed by atoms with van der Waals surface area (Å²) in [6.45, 7) is 4.35. The Kier molecular flexibility index (Phi) is 4.42. The zero-order chi connectivity index (χ0) is 11.4. The van der Waals surface area contributed by atoms with E-state index < -0.39 is 0 Å². The van der Waals surface area contributed by atoms with Crippen LogP contribution in [0, 0.1) is 6.92 Å². The molecule has 5 heteroatoms. The van der Waals surface area contributed by atoms with Gasteiger partial charge in [0.15, 0.2) is 0 Å². The molecule has 3 nitrogen and oxygen atoms in total. The van der Waals surface area contributed by atoms with Gasteiger partial charge in [-0.3, -0.25) is 0 Å². The van der Waals surface area contributed by atoms with Crippen molar-refractivity contribution in [3.05, 3.63) is 27.2 Å². The van der Waals surface area contributed by atoms with Crippen LogP contribution in [0.5, 0.6) is 0 Å². The Morgan fingerprint density at radius 2 is 2.20 bits per heavy atom. The highest BCUT2D eigenvalue weighted by Gasteiger charge is 2.06. The molecule has 1 aromatic carbocycles. The Morgan fingerprint density at radius 3 is 2.80 bits per heavy atom. The first-order valence-electron chi connectivity index (χ1n) is 4.55. The third-order valence-electron chi connectivity index (χ3n) is 1.83. The molecule has 0 aliphatic rings. The number of hydrogen-bond donors (Lipinski definition) is 2. The molecule has 0 unspecified atom stereocenters. The van der Waals surface area contributed by atoms with Gasteiger partial charge >= 0.3 is 6.03 Å². The maximum Gasteiger partial charge on any atom is 0.319 e. The van der Waals surface area contributed by atoms with E-state index in [2.05, 4.69) is 26.6 Å². The van der Waals surface area contributed by atoms with Crippen molar-refractivity contribution in [1.82, 2.24) is 5.32 Å². The molecule has 0 aromatic heterocycles. The zero-order valence-electron chi connectivity index (χ0n) is 8.53. The normalized spacial score (nSPS) is 9.87. The van der Waals surface area contributed by atoms with Gasteiger partial charge in [-0.2, -0.15) is 0 Å². The van der Waals surface area contributed by atoms with E-state index in [1.165, 1.54) is 0 Å². The van der Waals surface area contributed by atoms with Crippen molar-refractivity contribution in [2.45, 2.75) is 13.8 Å². The minimum atomic E-state index is -0.238. The Bertz CT molecular complexity index is 382. The van der Waals surface area contributed by atoms with Crippen LogP contribution in [0.3, 0.4) is 0 Å². The second-order valence-electron chi connectivity index (χ2n) is 3.07. The summed E-state index contributed by atoms with van der Waals surface area (Å²) in [5.41, 5.74) is 1.63. The maximum absolute atomic E-state index is 11.3. The lowest BCUT2D eigenvalue weighted by Gasteiger charge is -2.09. The lowest BCUT2D eigenvalue weighted by atomic mass is 10.2. The van der Waals surface area contributed by atoms with Gasteiger partial charge in [-0.1, -0.05) is 11.6 Å². The van der Waals surface area contributed by atoms with E-state index in [0.29, 0.717) is 17.3 Å². The van der Waals surface area contributed by atoms with Crippen LogP contribution in [0.4, 0.5) is 10.5 Å². The fourth-order valence-corrected chi connectivity index (χ4v) is 1.79. The van der Waals surface area contributed by atoms with Crippen LogP contribution in [-0.4, -0.2) is 12.6 Å². The number of amides is 2. The Balaban J connectivity index is 2.86. The van der Waals surface area contributed by atoms with Gasteiger partial charge in [-0.15, -0.1) is 0 Å². The number of anilines is 1. The van der Waals surface area contributed by atoms with Gasteiger partial charge in [0.05, 0.1) is 5.69 Å². The van der Waals surface area contributed by atoms with Gasteiger partial charge in [0.2, 0.25) is 0 Å². The molecule has 1 rings (SSSR count). The summed E-state index contributed by atoms with van der Waals surface area (Å²) in [6.07, 6.45) is 0. The molecule has 15 heavy (non-hydrogen) atoms. The smallest absolute Gasteiger partial charge is 0.319 e. The van der Waals surface area contributed by atoms with Gasteiger partial charge in [0.25, 0.3) is 0 Å². The average molecular weight is 292 g/mol. The first-order chi connectivity index (χ1) is 7.04. The number of urea groups is 1. The zero-order valence-corrected chi connectivity index (χ0v) is 10.9. The predicted molar refractivity (Wildman–Crippen MR) is 66.6 cm³/mol. The summed E-state index contributed by atoms with van der Waals surface area (Å²) in [7, 11) is 0. The van der Waals surface area contributed by atoms with E-state index in [-0.39, 0.29) is 6.03 Å². The summed E-state index contributed by atoms with van der Waals surface area (Å²) < 4.78 is 0.815. The second-order valence-corrected chi connectivity index (χ2v) is 4.33. The molecule has 0 atom stereocenters. The summed E-state index contributed by atoms with van der Waals surface area (Å²) in [6, 6.07) is 3.35. The topological polar surface area (TPSA) is 41.1 Å². The highest BCUT2D eigenvalue weighted by molar-refractivity contribution is 9.10. The van der Waals surface area contributed by atoms with Crippen LogP contribution in [0.1, 0.15) is 12.5 Å². The van der Waals surface area contributed by atoms with E-state index in [9.17, 15) is 4.79 Å². The van der Waals surface area contributed by atoms with Crippen LogP contribution in [0.25, 0.3) is 0 Å². The highest BCUT2D eigenvalue weighted by atomic mass is 79.9. The molecule has 0 bridgehead atoms. The van der Waals surface area contributed by atoms with Gasteiger partial charge in [-0.05, 0) is 47.5 Å². The number of nitrogens with one attached hydrogen (secondary N) is 2. The van der Waals surface area contributed by atoms with Crippen LogP contribution in [-0.2, 0) is 0 Å². The SMILES string of the molecule is CCNC(=O)Nc1cc(Cl)c(C)cc1Br. The fraction of sp³-hybridized carbons (Fsp3) is 0.300. The first-order valence-corrected chi connectivity index (χ1v) is 5.72. The van der Waals surface area contributed by atoms with E-state index in [4.69, 9.17) is 11.6 Å². The van der Waals surface area contributed by atoms with E-state index in [0.717, 1.165) is 10.0 Å². The fourth-order valence-electron chi connectivity index (χ4n) is 1.07. The number of halogens is 2. The second kappa shape index (κ2) is 5.37. The van der Waals surface area contributed by atoms with Crippen LogP contribution >= 0.6 is 27.5 Å². The van der Waals surface area contributed by atoms with Gasteiger partial charge < -0.3 is 10.6 Å². The minimum Gasteiger partial charge on any atom is -0.338 e. The van der Waals surface area contributed by atoms with Crippen molar-refractivity contribution in [3.63, 3.8) is 0 Å². The number of benzene rings is 1. The Labute approximate surface area is 102 Å². The summed E-state index contributed by atoms with van der Waals surface area (Å²) in [4.78, 5) is 11.3. The van der Waals surface area contributed by atoms with Crippen molar-refractivity contribution < 1.29 is 4.79 Å². The molecule has 0 radical (unpaired) electrons. The summed E-state index contributed by atoms with van der Waals surface area (Å²) in [5, 5.41) is 5.97. The van der Waals surface area contributed by atoms with Crippen molar-refractivity contribution in [2.75, 3.05) is 11.9 Å². The van der Waals surface area contributed by atoms with Crippen molar-refractivity contribution >= 4 is 39.2 Å². The lowest BCUT2D eigenvalue weighted by Crippen LogP contribution is -2.28. The molecule has 0 fully saturated rings. The highest BCUT2D eigenvalue weighted by Crippen LogP contribution is 2.28. The van der Waals surface area contributed by atoms with Gasteiger partial charge in [0, 0.05) is 16.0 Å². The van der Waals surface area contributed by atoms with E-state index in [1.54, 1.807) is 6.07 Å². The van der Waals surface area contributed by atoms with Gasteiger partial charge in [-0.25, -0.2) is 4.79 Å². The molecule has 0 spiro atoms. The maximum atomic E-state index is 11.3. The number of aryl methyl sites for hydroxylation is 1. The number of carbonyl (C=O) groups excluding carboxylic acids is 1. The van der Waals surface area contributed by atoms with Crippen molar-refractivity contribution in [3.8, 4) is 0 Å². The number of hydrogen-bond acceptors (Lipinski definition) is 1. The molecular formula is C10H12BrClN2O.